The van der Waals surface area contributed by atoms with Crippen LogP contribution in [0.15, 0.2) is 47.3 Å². The third-order valence-electron chi connectivity index (χ3n) is 3.12. The van der Waals surface area contributed by atoms with Crippen LogP contribution >= 0.6 is 0 Å². The van der Waals surface area contributed by atoms with Crippen molar-refractivity contribution in [2.45, 2.75) is 6.42 Å². The highest BCUT2D eigenvalue weighted by Gasteiger charge is 2.08. The first-order valence-corrected chi connectivity index (χ1v) is 5.90. The SMILES string of the molecule is O=C(O)Cc1cc2ccc3ccccc3c(=O)c2[nH]1. The van der Waals surface area contributed by atoms with Gasteiger partial charge in [0.1, 0.15) is 0 Å². The van der Waals surface area contributed by atoms with Gasteiger partial charge in [0.05, 0.1) is 11.9 Å². The lowest BCUT2D eigenvalue weighted by atomic mass is 10.2. The van der Waals surface area contributed by atoms with Crippen LogP contribution < -0.4 is 5.43 Å². The Bertz CT molecular complexity index is 849. The molecule has 0 aliphatic heterocycles. The second-order valence-electron chi connectivity index (χ2n) is 4.45. The lowest BCUT2D eigenvalue weighted by Crippen LogP contribution is -2.02. The predicted molar refractivity (Wildman–Crippen MR) is 73.4 cm³/mol. The number of nitrogens with one attached hydrogen (secondary N) is 1. The van der Waals surface area contributed by atoms with Crippen molar-refractivity contribution in [3.63, 3.8) is 0 Å². The number of aromatic amines is 1. The number of carboxylic acid groups (broad SMARTS) is 1. The summed E-state index contributed by atoms with van der Waals surface area (Å²) < 4.78 is 0. The van der Waals surface area contributed by atoms with Crippen LogP contribution in [0.3, 0.4) is 0 Å². The minimum absolute atomic E-state index is 0.104. The predicted octanol–water partition coefficient (Wildman–Crippen LogP) is 2.31. The van der Waals surface area contributed by atoms with Gasteiger partial charge in [-0.1, -0.05) is 36.4 Å². The number of carbonyl (C=O) groups is 1. The van der Waals surface area contributed by atoms with E-state index in [0.29, 0.717) is 16.6 Å². The van der Waals surface area contributed by atoms with Gasteiger partial charge in [-0.15, -0.1) is 0 Å². The standard InChI is InChI=1S/C15H11NO3/c17-13(18)8-11-7-10-6-5-9-3-1-2-4-12(9)15(19)14(10)16-11/h1-7,16H,8H2,(H,17,18). The fourth-order valence-corrected chi connectivity index (χ4v) is 2.27. The number of hydrogen-bond acceptors (Lipinski definition) is 2. The molecule has 3 aromatic rings. The van der Waals surface area contributed by atoms with Gasteiger partial charge in [0.2, 0.25) is 5.43 Å². The molecule has 0 amide bonds. The van der Waals surface area contributed by atoms with Gasteiger partial charge in [-0.25, -0.2) is 0 Å². The Morgan fingerprint density at radius 2 is 1.84 bits per heavy atom. The van der Waals surface area contributed by atoms with Crippen LogP contribution in [0.5, 0.6) is 0 Å². The van der Waals surface area contributed by atoms with Gasteiger partial charge in [0.15, 0.2) is 0 Å². The number of H-pyrrole nitrogens is 1. The molecule has 0 unspecified atom stereocenters. The van der Waals surface area contributed by atoms with Crippen molar-refractivity contribution in [1.29, 1.82) is 0 Å². The molecule has 0 aliphatic rings. The Hall–Kier alpha value is -2.62. The Kier molecular flexibility index (Phi) is 2.56. The zero-order chi connectivity index (χ0) is 13.4. The van der Waals surface area contributed by atoms with E-state index >= 15 is 0 Å². The van der Waals surface area contributed by atoms with E-state index in [0.717, 1.165) is 10.8 Å². The van der Waals surface area contributed by atoms with Gasteiger partial charge < -0.3 is 10.1 Å². The second-order valence-corrected chi connectivity index (χ2v) is 4.45. The molecule has 0 atom stereocenters. The highest BCUT2D eigenvalue weighted by molar-refractivity contribution is 5.92. The van der Waals surface area contributed by atoms with E-state index in [2.05, 4.69) is 4.98 Å². The first-order chi connectivity index (χ1) is 9.15. The summed E-state index contributed by atoms with van der Waals surface area (Å²) in [7, 11) is 0. The van der Waals surface area contributed by atoms with E-state index in [1.165, 1.54) is 0 Å². The van der Waals surface area contributed by atoms with Crippen molar-refractivity contribution in [2.24, 2.45) is 0 Å². The molecule has 3 rings (SSSR count). The molecule has 1 heterocycles. The maximum Gasteiger partial charge on any atom is 0.309 e. The topological polar surface area (TPSA) is 70.2 Å². The van der Waals surface area contributed by atoms with Crippen LogP contribution in [0.25, 0.3) is 21.7 Å². The third-order valence-corrected chi connectivity index (χ3v) is 3.12. The van der Waals surface area contributed by atoms with Gasteiger partial charge >= 0.3 is 5.97 Å². The quantitative estimate of drug-likeness (QED) is 0.736. The smallest absolute Gasteiger partial charge is 0.309 e. The van der Waals surface area contributed by atoms with Gasteiger partial charge in [0.25, 0.3) is 0 Å². The molecule has 1 aromatic heterocycles. The Labute approximate surface area is 108 Å². The summed E-state index contributed by atoms with van der Waals surface area (Å²) in [6.07, 6.45) is -0.115. The van der Waals surface area contributed by atoms with Crippen LogP contribution in [0.1, 0.15) is 5.69 Å². The molecule has 0 fully saturated rings. The van der Waals surface area contributed by atoms with Crippen molar-refractivity contribution >= 4 is 27.6 Å². The van der Waals surface area contributed by atoms with E-state index in [4.69, 9.17) is 5.11 Å². The van der Waals surface area contributed by atoms with E-state index in [1.807, 2.05) is 30.3 Å². The van der Waals surface area contributed by atoms with Crippen molar-refractivity contribution in [3.05, 3.63) is 58.4 Å². The molecule has 0 spiro atoms. The molecule has 94 valence electrons. The Balaban J connectivity index is 2.36. The fraction of sp³-hybridized carbons (Fsp3) is 0.0667. The van der Waals surface area contributed by atoms with Crippen molar-refractivity contribution in [1.82, 2.24) is 4.98 Å². The minimum Gasteiger partial charge on any atom is -0.481 e. The Morgan fingerprint density at radius 1 is 1.11 bits per heavy atom. The first-order valence-electron chi connectivity index (χ1n) is 5.90. The van der Waals surface area contributed by atoms with Gasteiger partial charge in [-0.05, 0) is 11.5 Å². The summed E-state index contributed by atoms with van der Waals surface area (Å²) in [5.41, 5.74) is 0.888. The molecule has 0 aliphatic carbocycles. The number of benzene rings is 1. The summed E-state index contributed by atoms with van der Waals surface area (Å²) in [6.45, 7) is 0. The zero-order valence-corrected chi connectivity index (χ0v) is 10.0. The van der Waals surface area contributed by atoms with E-state index in [-0.39, 0.29) is 11.8 Å². The summed E-state index contributed by atoms with van der Waals surface area (Å²) in [5.74, 6) is -0.923. The molecule has 0 radical (unpaired) electrons. The minimum atomic E-state index is -0.923. The molecule has 0 saturated carbocycles. The second kappa shape index (κ2) is 4.24. The maximum atomic E-state index is 12.4. The summed E-state index contributed by atoms with van der Waals surface area (Å²) in [4.78, 5) is 26.0. The number of rotatable bonds is 2. The number of aliphatic carboxylic acids is 1. The molecule has 2 N–H and O–H groups in total. The fourth-order valence-electron chi connectivity index (χ4n) is 2.27. The van der Waals surface area contributed by atoms with Crippen molar-refractivity contribution in [2.75, 3.05) is 0 Å². The molecular weight excluding hydrogens is 242 g/mol. The summed E-state index contributed by atoms with van der Waals surface area (Å²) in [6, 6.07) is 12.8. The lowest BCUT2D eigenvalue weighted by molar-refractivity contribution is -0.136. The van der Waals surface area contributed by atoms with Gasteiger partial charge in [-0.2, -0.15) is 0 Å². The van der Waals surface area contributed by atoms with Crippen LogP contribution in [-0.4, -0.2) is 16.1 Å². The van der Waals surface area contributed by atoms with Crippen LogP contribution in [0, 0.1) is 0 Å². The molecule has 4 heteroatoms. The number of carboxylic acids is 1. The third kappa shape index (κ3) is 1.97. The molecule has 0 saturated heterocycles. The van der Waals surface area contributed by atoms with E-state index in [1.54, 1.807) is 12.1 Å². The monoisotopic (exact) mass is 253 g/mol. The first kappa shape index (κ1) is 11.5. The van der Waals surface area contributed by atoms with E-state index in [9.17, 15) is 9.59 Å². The molecule has 19 heavy (non-hydrogen) atoms. The maximum absolute atomic E-state index is 12.4. The highest BCUT2D eigenvalue weighted by Crippen LogP contribution is 2.16. The number of fused-ring (bicyclic) bond motifs is 2. The molecular formula is C15H11NO3. The Morgan fingerprint density at radius 3 is 2.63 bits per heavy atom. The van der Waals surface area contributed by atoms with Crippen LogP contribution in [0.2, 0.25) is 0 Å². The average molecular weight is 253 g/mol. The number of aromatic nitrogens is 1. The lowest BCUT2D eigenvalue weighted by Gasteiger charge is -1.90. The van der Waals surface area contributed by atoms with Crippen LogP contribution in [-0.2, 0) is 11.2 Å². The zero-order valence-electron chi connectivity index (χ0n) is 10.0. The molecule has 2 aromatic carbocycles. The van der Waals surface area contributed by atoms with Crippen molar-refractivity contribution < 1.29 is 9.90 Å². The number of hydrogen-bond donors (Lipinski definition) is 2. The van der Waals surface area contributed by atoms with E-state index < -0.39 is 5.97 Å². The largest absolute Gasteiger partial charge is 0.481 e. The van der Waals surface area contributed by atoms with Crippen LogP contribution in [0.4, 0.5) is 0 Å². The average Bonchev–Trinajstić information content (AvgIpc) is 2.72. The normalized spacial score (nSPS) is 10.9. The molecule has 0 bridgehead atoms. The highest BCUT2D eigenvalue weighted by atomic mass is 16.4. The van der Waals surface area contributed by atoms with Gasteiger partial charge in [-0.3, -0.25) is 9.59 Å². The summed E-state index contributed by atoms with van der Waals surface area (Å²) in [5, 5.41) is 11.0. The summed E-state index contributed by atoms with van der Waals surface area (Å²) >= 11 is 0. The van der Waals surface area contributed by atoms with Gasteiger partial charge in [0, 0.05) is 16.5 Å². The molecule has 4 nitrogen and oxygen atoms in total. The van der Waals surface area contributed by atoms with Crippen molar-refractivity contribution in [3.8, 4) is 0 Å².